The highest BCUT2D eigenvalue weighted by molar-refractivity contribution is 5.69. The summed E-state index contributed by atoms with van der Waals surface area (Å²) < 4.78 is 5.50. The number of hydrogen-bond donors (Lipinski definition) is 0. The van der Waals surface area contributed by atoms with Crippen LogP contribution < -0.4 is 0 Å². The van der Waals surface area contributed by atoms with E-state index in [1.165, 1.54) is 289 Å². The van der Waals surface area contributed by atoms with E-state index in [-0.39, 0.29) is 5.97 Å². The predicted octanol–water partition coefficient (Wildman–Crippen LogP) is 20.5. The van der Waals surface area contributed by atoms with Crippen molar-refractivity contribution < 1.29 is 9.53 Å². The number of carbonyl (C=O) groups excluding carboxylic acids is 1. The van der Waals surface area contributed by atoms with Gasteiger partial charge in [0.2, 0.25) is 0 Å². The standard InChI is InChI=1S/C56H110O2/c1-4-6-7-8-9-10-11-12-13-14-25-29-32-35-38-41-44-47-50-53-56(57)58-54-51-48-45-42-39-36-33-30-27-24-22-20-18-16-15-17-19-21-23-26-28-31-34-37-40-43-46-49-52-55(3)5-2/h12-13,55H,4-11,14-54H2,1-3H3. The van der Waals surface area contributed by atoms with Crippen LogP contribution >= 0.6 is 0 Å². The second kappa shape index (κ2) is 52.3. The molecule has 0 fully saturated rings. The van der Waals surface area contributed by atoms with Crippen LogP contribution in [0.1, 0.15) is 329 Å². The van der Waals surface area contributed by atoms with E-state index >= 15 is 0 Å². The van der Waals surface area contributed by atoms with Crippen molar-refractivity contribution in [2.24, 2.45) is 5.92 Å². The fourth-order valence-corrected chi connectivity index (χ4v) is 8.70. The van der Waals surface area contributed by atoms with E-state index in [0.29, 0.717) is 13.0 Å². The molecule has 0 saturated heterocycles. The smallest absolute Gasteiger partial charge is 0.305 e. The van der Waals surface area contributed by atoms with E-state index in [1.807, 2.05) is 0 Å². The number of hydrogen-bond acceptors (Lipinski definition) is 2. The largest absolute Gasteiger partial charge is 0.466 e. The van der Waals surface area contributed by atoms with Crippen molar-refractivity contribution in [2.75, 3.05) is 6.61 Å². The van der Waals surface area contributed by atoms with Gasteiger partial charge in [-0.3, -0.25) is 4.79 Å². The van der Waals surface area contributed by atoms with Gasteiger partial charge in [0.25, 0.3) is 0 Å². The maximum absolute atomic E-state index is 12.1. The Balaban J connectivity index is 3.16. The molecule has 0 saturated carbocycles. The summed E-state index contributed by atoms with van der Waals surface area (Å²) in [6, 6.07) is 0. The van der Waals surface area contributed by atoms with Gasteiger partial charge >= 0.3 is 5.97 Å². The van der Waals surface area contributed by atoms with Gasteiger partial charge in [0.05, 0.1) is 6.61 Å². The van der Waals surface area contributed by atoms with Crippen LogP contribution in [0, 0.1) is 5.92 Å². The molecule has 346 valence electrons. The normalized spacial score (nSPS) is 12.3. The average molecular weight is 815 g/mol. The lowest BCUT2D eigenvalue weighted by molar-refractivity contribution is -0.143. The highest BCUT2D eigenvalue weighted by atomic mass is 16.5. The Labute approximate surface area is 367 Å². The van der Waals surface area contributed by atoms with E-state index in [1.54, 1.807) is 0 Å². The summed E-state index contributed by atoms with van der Waals surface area (Å²) in [5.74, 6) is 0.968. The Morgan fingerprint density at radius 1 is 0.362 bits per heavy atom. The quantitative estimate of drug-likeness (QED) is 0.0347. The maximum Gasteiger partial charge on any atom is 0.305 e. The third-order valence-corrected chi connectivity index (χ3v) is 13.2. The Kier molecular flexibility index (Phi) is 51.6. The molecule has 0 amide bonds. The molecule has 0 aliphatic heterocycles. The van der Waals surface area contributed by atoms with Gasteiger partial charge in [-0.15, -0.1) is 0 Å². The first-order valence-corrected chi connectivity index (χ1v) is 27.5. The van der Waals surface area contributed by atoms with Crippen LogP contribution in [0.25, 0.3) is 0 Å². The first-order chi connectivity index (χ1) is 28.7. The summed E-state index contributed by atoms with van der Waals surface area (Å²) >= 11 is 0. The molecule has 0 N–H and O–H groups in total. The van der Waals surface area contributed by atoms with Crippen molar-refractivity contribution in [3.8, 4) is 0 Å². The van der Waals surface area contributed by atoms with Gasteiger partial charge in [-0.05, 0) is 44.4 Å². The molecule has 0 aromatic carbocycles. The third kappa shape index (κ3) is 51.4. The molecule has 2 heteroatoms. The minimum atomic E-state index is 0.0291. The first-order valence-electron chi connectivity index (χ1n) is 27.5. The molecule has 58 heavy (non-hydrogen) atoms. The van der Waals surface area contributed by atoms with Gasteiger partial charge in [0.1, 0.15) is 0 Å². The molecule has 0 aromatic rings. The number of allylic oxidation sites excluding steroid dienone is 2. The van der Waals surface area contributed by atoms with E-state index in [0.717, 1.165) is 18.8 Å². The number of rotatable bonds is 51. The monoisotopic (exact) mass is 815 g/mol. The lowest BCUT2D eigenvalue weighted by atomic mass is 9.99. The maximum atomic E-state index is 12.1. The minimum absolute atomic E-state index is 0.0291. The van der Waals surface area contributed by atoms with Crippen LogP contribution in [-0.2, 0) is 9.53 Å². The number of unbranched alkanes of at least 4 members (excludes halogenated alkanes) is 42. The summed E-state index contributed by atoms with van der Waals surface area (Å²) in [5, 5.41) is 0. The van der Waals surface area contributed by atoms with Gasteiger partial charge in [-0.2, -0.15) is 0 Å². The van der Waals surface area contributed by atoms with Gasteiger partial charge in [0, 0.05) is 6.42 Å². The second-order valence-electron chi connectivity index (χ2n) is 19.2. The molecule has 0 aliphatic rings. The summed E-state index contributed by atoms with van der Waals surface area (Å²) in [4.78, 5) is 12.1. The van der Waals surface area contributed by atoms with Crippen molar-refractivity contribution in [1.29, 1.82) is 0 Å². The molecular weight excluding hydrogens is 705 g/mol. The van der Waals surface area contributed by atoms with Crippen LogP contribution in [-0.4, -0.2) is 12.6 Å². The SMILES string of the molecule is CCCCCCCCC=CCCCCCCCCCCCC(=O)OCCCCCCCCCCCCCCCCCCCCCCCCCCCCCCC(C)CC. The van der Waals surface area contributed by atoms with E-state index in [4.69, 9.17) is 4.74 Å². The number of esters is 1. The fraction of sp³-hybridized carbons (Fsp3) is 0.946. The van der Waals surface area contributed by atoms with Crippen molar-refractivity contribution in [3.63, 3.8) is 0 Å². The summed E-state index contributed by atoms with van der Waals surface area (Å²) in [5.41, 5.74) is 0. The Hall–Kier alpha value is -0.790. The highest BCUT2D eigenvalue weighted by Crippen LogP contribution is 2.18. The van der Waals surface area contributed by atoms with Crippen LogP contribution in [0.5, 0.6) is 0 Å². The fourth-order valence-electron chi connectivity index (χ4n) is 8.70. The molecule has 0 aliphatic carbocycles. The molecule has 2 nitrogen and oxygen atoms in total. The van der Waals surface area contributed by atoms with Crippen molar-refractivity contribution in [2.45, 2.75) is 329 Å². The molecule has 0 heterocycles. The van der Waals surface area contributed by atoms with Crippen LogP contribution in [0.4, 0.5) is 0 Å². The minimum Gasteiger partial charge on any atom is -0.466 e. The third-order valence-electron chi connectivity index (χ3n) is 13.2. The Morgan fingerprint density at radius 2 is 0.638 bits per heavy atom. The predicted molar refractivity (Wildman–Crippen MR) is 262 cm³/mol. The topological polar surface area (TPSA) is 26.3 Å². The lowest BCUT2D eigenvalue weighted by Gasteiger charge is -2.07. The molecule has 1 atom stereocenters. The van der Waals surface area contributed by atoms with E-state index in [9.17, 15) is 4.79 Å². The summed E-state index contributed by atoms with van der Waals surface area (Å²) in [7, 11) is 0. The van der Waals surface area contributed by atoms with Crippen LogP contribution in [0.15, 0.2) is 12.2 Å². The number of carbonyl (C=O) groups is 1. The average Bonchev–Trinajstić information content (AvgIpc) is 3.23. The van der Waals surface area contributed by atoms with Crippen LogP contribution in [0.3, 0.4) is 0 Å². The zero-order valence-electron chi connectivity index (χ0n) is 40.7. The summed E-state index contributed by atoms with van der Waals surface area (Å²) in [6.07, 6.45) is 70.8. The molecule has 1 unspecified atom stereocenters. The second-order valence-corrected chi connectivity index (χ2v) is 19.2. The highest BCUT2D eigenvalue weighted by Gasteiger charge is 2.03. The van der Waals surface area contributed by atoms with Crippen molar-refractivity contribution in [3.05, 3.63) is 12.2 Å². The molecule has 0 aromatic heterocycles. The molecular formula is C56H110O2. The molecule has 0 bridgehead atoms. The molecule has 0 radical (unpaired) electrons. The zero-order valence-corrected chi connectivity index (χ0v) is 40.7. The zero-order chi connectivity index (χ0) is 41.9. The Morgan fingerprint density at radius 3 is 0.966 bits per heavy atom. The van der Waals surface area contributed by atoms with Gasteiger partial charge in [0.15, 0.2) is 0 Å². The van der Waals surface area contributed by atoms with Gasteiger partial charge in [-0.25, -0.2) is 0 Å². The van der Waals surface area contributed by atoms with Gasteiger partial charge in [-0.1, -0.05) is 296 Å². The molecule has 0 spiro atoms. The van der Waals surface area contributed by atoms with Crippen LogP contribution in [0.2, 0.25) is 0 Å². The van der Waals surface area contributed by atoms with Crippen molar-refractivity contribution in [1.82, 2.24) is 0 Å². The first kappa shape index (κ1) is 57.2. The van der Waals surface area contributed by atoms with Crippen molar-refractivity contribution >= 4 is 5.97 Å². The summed E-state index contributed by atoms with van der Waals surface area (Å²) in [6.45, 7) is 7.65. The van der Waals surface area contributed by atoms with E-state index in [2.05, 4.69) is 32.9 Å². The lowest BCUT2D eigenvalue weighted by Crippen LogP contribution is -2.05. The van der Waals surface area contributed by atoms with Gasteiger partial charge < -0.3 is 4.74 Å². The molecule has 0 rings (SSSR count). The van der Waals surface area contributed by atoms with E-state index < -0.39 is 0 Å². The Bertz CT molecular complexity index is 773. The number of ether oxygens (including phenoxy) is 1.